The number of allylic oxidation sites excluding steroid dienone is 1. The quantitative estimate of drug-likeness (QED) is 0.492. The van der Waals surface area contributed by atoms with Crippen LogP contribution in [0, 0.1) is 17.4 Å². The van der Waals surface area contributed by atoms with E-state index in [2.05, 4.69) is 27.9 Å². The largest absolute Gasteiger partial charge is 0.512 e. The van der Waals surface area contributed by atoms with Crippen LogP contribution in [0.4, 0.5) is 0 Å². The molecule has 0 aliphatic heterocycles. The third-order valence-corrected chi connectivity index (χ3v) is 3.19. The number of nitrogens with one attached hydrogen (secondary N) is 1. The summed E-state index contributed by atoms with van der Waals surface area (Å²) in [6.07, 6.45) is 0. The van der Waals surface area contributed by atoms with Crippen LogP contribution in [0.3, 0.4) is 0 Å². The zero-order valence-electron chi connectivity index (χ0n) is 10.4. The van der Waals surface area contributed by atoms with E-state index in [0.29, 0.717) is 5.57 Å². The van der Waals surface area contributed by atoms with Gasteiger partial charge < -0.3 is 10.4 Å². The maximum atomic E-state index is 11.8. The van der Waals surface area contributed by atoms with E-state index < -0.39 is 0 Å². The Morgan fingerprint density at radius 2 is 1.76 bits per heavy atom. The second kappa shape index (κ2) is 5.53. The highest BCUT2D eigenvalue weighted by atomic mass is 127. The molecular weight excluding hydrogens is 329 g/mol. The maximum absolute atomic E-state index is 11.8. The molecule has 0 fully saturated rings. The average molecular weight is 345 g/mol. The van der Waals surface area contributed by atoms with Crippen molar-refractivity contribution in [3.63, 3.8) is 0 Å². The molecule has 0 saturated carbocycles. The van der Waals surface area contributed by atoms with Gasteiger partial charge in [0.2, 0.25) is 0 Å². The number of aliphatic hydroxyl groups is 1. The summed E-state index contributed by atoms with van der Waals surface area (Å²) in [6, 6.07) is 3.99. The zero-order chi connectivity index (χ0) is 13.2. The van der Waals surface area contributed by atoms with Gasteiger partial charge in [0, 0.05) is 10.6 Å². The molecule has 0 spiro atoms. The van der Waals surface area contributed by atoms with Crippen LogP contribution < -0.4 is 5.32 Å². The molecule has 92 valence electrons. The smallest absolute Gasteiger partial charge is 0.255 e. The Kier molecular flexibility index (Phi) is 4.56. The Labute approximate surface area is 115 Å². The van der Waals surface area contributed by atoms with E-state index in [1.807, 2.05) is 26.0 Å². The molecule has 0 atom stereocenters. The van der Waals surface area contributed by atoms with Crippen LogP contribution in [0.1, 0.15) is 23.6 Å². The molecule has 1 rings (SSSR count). The molecule has 0 saturated heterocycles. The highest BCUT2D eigenvalue weighted by molar-refractivity contribution is 14.1. The lowest BCUT2D eigenvalue weighted by Gasteiger charge is -2.14. The Hall–Kier alpha value is -1.04. The van der Waals surface area contributed by atoms with Gasteiger partial charge in [0.25, 0.3) is 5.91 Å². The first kappa shape index (κ1) is 14.0. The third-order valence-electron chi connectivity index (χ3n) is 2.56. The van der Waals surface area contributed by atoms with Crippen molar-refractivity contribution in [2.75, 3.05) is 7.05 Å². The van der Waals surface area contributed by atoms with Crippen molar-refractivity contribution in [1.29, 1.82) is 0 Å². The number of hydrogen-bond donors (Lipinski definition) is 2. The minimum absolute atomic E-state index is 0.0387. The predicted molar refractivity (Wildman–Crippen MR) is 77.9 cm³/mol. The Morgan fingerprint density at radius 1 is 1.29 bits per heavy atom. The Balaban J connectivity index is 3.51. The van der Waals surface area contributed by atoms with E-state index in [-0.39, 0.29) is 11.7 Å². The van der Waals surface area contributed by atoms with Gasteiger partial charge in [0.15, 0.2) is 0 Å². The molecule has 1 aromatic carbocycles. The lowest BCUT2D eigenvalue weighted by atomic mass is 9.94. The summed E-state index contributed by atoms with van der Waals surface area (Å²) < 4.78 is 1.12. The van der Waals surface area contributed by atoms with Gasteiger partial charge in [-0.25, -0.2) is 0 Å². The minimum Gasteiger partial charge on any atom is -0.512 e. The van der Waals surface area contributed by atoms with Crippen LogP contribution in [-0.4, -0.2) is 18.1 Å². The first-order chi connectivity index (χ1) is 7.88. The van der Waals surface area contributed by atoms with Crippen molar-refractivity contribution in [2.45, 2.75) is 20.8 Å². The van der Waals surface area contributed by atoms with Gasteiger partial charge >= 0.3 is 0 Å². The molecule has 2 N–H and O–H groups in total. The second-order valence-electron chi connectivity index (χ2n) is 3.95. The average Bonchev–Trinajstić information content (AvgIpc) is 2.21. The van der Waals surface area contributed by atoms with E-state index in [1.54, 1.807) is 7.05 Å². The zero-order valence-corrected chi connectivity index (χ0v) is 12.5. The van der Waals surface area contributed by atoms with E-state index in [0.717, 1.165) is 20.3 Å². The molecular formula is C13H16INO2. The first-order valence-electron chi connectivity index (χ1n) is 5.27. The fraction of sp³-hybridized carbons (Fsp3) is 0.308. The lowest BCUT2D eigenvalue weighted by Crippen LogP contribution is -2.21. The lowest BCUT2D eigenvalue weighted by molar-refractivity contribution is -0.115. The van der Waals surface area contributed by atoms with Crippen molar-refractivity contribution >= 4 is 34.1 Å². The molecule has 1 aromatic rings. The number of carbonyl (C=O) groups is 1. The third kappa shape index (κ3) is 3.00. The van der Waals surface area contributed by atoms with Crippen molar-refractivity contribution in [3.05, 3.63) is 38.2 Å². The molecule has 0 unspecified atom stereocenters. The summed E-state index contributed by atoms with van der Waals surface area (Å²) >= 11 is 2.24. The van der Waals surface area contributed by atoms with Gasteiger partial charge in [-0.15, -0.1) is 0 Å². The fourth-order valence-corrected chi connectivity index (χ4v) is 2.82. The summed E-state index contributed by atoms with van der Waals surface area (Å²) in [6.45, 7) is 5.41. The Bertz CT molecular complexity index is 465. The van der Waals surface area contributed by atoms with Gasteiger partial charge in [-0.3, -0.25) is 4.79 Å². The van der Waals surface area contributed by atoms with Gasteiger partial charge in [0.05, 0.1) is 5.57 Å². The number of amides is 1. The summed E-state index contributed by atoms with van der Waals surface area (Å²) in [5.41, 5.74) is 3.13. The van der Waals surface area contributed by atoms with Crippen molar-refractivity contribution in [1.82, 2.24) is 5.32 Å². The topological polar surface area (TPSA) is 49.3 Å². The van der Waals surface area contributed by atoms with Crippen molar-refractivity contribution in [2.24, 2.45) is 0 Å². The highest BCUT2D eigenvalue weighted by Gasteiger charge is 2.18. The van der Waals surface area contributed by atoms with E-state index in [9.17, 15) is 9.90 Å². The van der Waals surface area contributed by atoms with Crippen LogP contribution in [0.5, 0.6) is 0 Å². The van der Waals surface area contributed by atoms with Crippen LogP contribution in [0.15, 0.2) is 17.9 Å². The number of rotatable bonds is 2. The number of carbonyl (C=O) groups excluding carboxylic acids is 1. The van der Waals surface area contributed by atoms with Gasteiger partial charge in [0.1, 0.15) is 5.76 Å². The predicted octanol–water partition coefficient (Wildman–Crippen LogP) is 2.94. The standard InChI is InChI=1S/C13H16INO2/c1-7-5-10(14)6-8(2)11(7)12(9(3)16)13(17)15-4/h5-6,16H,1-4H3,(H,15,17)/b12-9+. The van der Waals surface area contributed by atoms with Crippen molar-refractivity contribution < 1.29 is 9.90 Å². The molecule has 1 amide bonds. The summed E-state index contributed by atoms with van der Waals surface area (Å²) in [5, 5.41) is 12.3. The SMILES string of the molecule is CNC(=O)/C(=C(\C)O)c1c(C)cc(I)cc1C. The molecule has 17 heavy (non-hydrogen) atoms. The van der Waals surface area contributed by atoms with Crippen molar-refractivity contribution in [3.8, 4) is 0 Å². The summed E-state index contributed by atoms with van der Waals surface area (Å²) in [5.74, 6) is -0.228. The number of halogens is 1. The molecule has 4 heteroatoms. The van der Waals surface area contributed by atoms with Crippen LogP contribution in [-0.2, 0) is 4.79 Å². The molecule has 0 aliphatic carbocycles. The summed E-state index contributed by atoms with van der Waals surface area (Å²) in [7, 11) is 1.56. The minimum atomic E-state index is -0.266. The monoisotopic (exact) mass is 345 g/mol. The summed E-state index contributed by atoms with van der Waals surface area (Å²) in [4.78, 5) is 11.8. The normalized spacial score (nSPS) is 12.1. The number of benzene rings is 1. The molecule has 0 heterocycles. The van der Waals surface area contributed by atoms with Gasteiger partial charge in [-0.05, 0) is 72.2 Å². The highest BCUT2D eigenvalue weighted by Crippen LogP contribution is 2.27. The van der Waals surface area contributed by atoms with Gasteiger partial charge in [-0.1, -0.05) is 0 Å². The fourth-order valence-electron chi connectivity index (χ4n) is 1.89. The molecule has 3 nitrogen and oxygen atoms in total. The maximum Gasteiger partial charge on any atom is 0.255 e. The molecule has 0 aromatic heterocycles. The van der Waals surface area contributed by atoms with E-state index in [1.165, 1.54) is 6.92 Å². The number of aliphatic hydroxyl groups excluding tert-OH is 1. The van der Waals surface area contributed by atoms with E-state index >= 15 is 0 Å². The van der Waals surface area contributed by atoms with Crippen LogP contribution >= 0.6 is 22.6 Å². The number of aryl methyl sites for hydroxylation is 2. The van der Waals surface area contributed by atoms with Gasteiger partial charge in [-0.2, -0.15) is 0 Å². The van der Waals surface area contributed by atoms with E-state index in [4.69, 9.17) is 0 Å². The van der Waals surface area contributed by atoms with Crippen LogP contribution in [0.25, 0.3) is 5.57 Å². The second-order valence-corrected chi connectivity index (χ2v) is 5.20. The first-order valence-corrected chi connectivity index (χ1v) is 6.35. The molecule has 0 radical (unpaired) electrons. The number of hydrogen-bond acceptors (Lipinski definition) is 2. The van der Waals surface area contributed by atoms with Crippen LogP contribution in [0.2, 0.25) is 0 Å². The number of likely N-dealkylation sites (N-methyl/N-ethyl adjacent to an activating group) is 1. The Morgan fingerprint density at radius 3 is 2.12 bits per heavy atom. The molecule has 0 aliphatic rings. The molecule has 0 bridgehead atoms.